The van der Waals surface area contributed by atoms with Crippen LogP contribution in [-0.4, -0.2) is 15.9 Å². The van der Waals surface area contributed by atoms with Crippen molar-refractivity contribution in [3.05, 3.63) is 50.9 Å². The van der Waals surface area contributed by atoms with Crippen LogP contribution >= 0.6 is 0 Å². The maximum absolute atomic E-state index is 11.9. The summed E-state index contributed by atoms with van der Waals surface area (Å²) in [6, 6.07) is 6.00. The lowest BCUT2D eigenvalue weighted by Crippen LogP contribution is -2.73. The number of anilines is 1. The lowest BCUT2D eigenvalue weighted by Gasteiger charge is -2.05. The maximum atomic E-state index is 11.9. The van der Waals surface area contributed by atoms with Crippen LogP contribution in [0.25, 0.3) is 0 Å². The molecule has 0 amide bonds. The standard InChI is InChI=1S/C16H19N5O/c1-9-6-7-11(8-10(9)2)18-15(17)21-16-19-13-5-3-4-12(13)14(22)20-16/h6-8H,3-5H2,1-2H3,(H4,17,18,19,20,21,22)/p+1. The topological polar surface area (TPSA) is 97.8 Å². The van der Waals surface area contributed by atoms with Gasteiger partial charge in [-0.05, 0) is 49.9 Å². The summed E-state index contributed by atoms with van der Waals surface area (Å²) in [4.78, 5) is 22.0. The molecule has 0 atom stereocenters. The first kappa shape index (κ1) is 14.3. The Morgan fingerprint density at radius 2 is 2.14 bits per heavy atom. The van der Waals surface area contributed by atoms with Crippen molar-refractivity contribution in [1.82, 2.24) is 9.97 Å². The molecule has 0 saturated carbocycles. The SMILES string of the molecule is Cc1ccc(NC(N)=[NH+]c2nc3c(c(=O)[nH]2)CCC3)cc1C. The largest absolute Gasteiger partial charge is 0.325 e. The Kier molecular flexibility index (Phi) is 3.66. The zero-order valence-electron chi connectivity index (χ0n) is 12.8. The zero-order valence-corrected chi connectivity index (χ0v) is 12.8. The average molecular weight is 298 g/mol. The molecule has 1 heterocycles. The van der Waals surface area contributed by atoms with Crippen molar-refractivity contribution >= 4 is 17.6 Å². The van der Waals surface area contributed by atoms with Gasteiger partial charge in [0.05, 0.1) is 16.9 Å². The van der Waals surface area contributed by atoms with Crippen LogP contribution in [0, 0.1) is 13.8 Å². The van der Waals surface area contributed by atoms with Gasteiger partial charge in [0.15, 0.2) is 0 Å². The van der Waals surface area contributed by atoms with E-state index >= 15 is 0 Å². The number of fused-ring (bicyclic) bond motifs is 1. The highest BCUT2D eigenvalue weighted by Crippen LogP contribution is 2.15. The first-order valence-corrected chi connectivity index (χ1v) is 7.39. The van der Waals surface area contributed by atoms with Gasteiger partial charge in [-0.15, -0.1) is 4.98 Å². The van der Waals surface area contributed by atoms with Gasteiger partial charge in [0.2, 0.25) is 0 Å². The van der Waals surface area contributed by atoms with Crippen LogP contribution in [0.1, 0.15) is 28.8 Å². The van der Waals surface area contributed by atoms with Crippen LogP contribution in [0.4, 0.5) is 11.6 Å². The number of H-pyrrole nitrogens is 1. The van der Waals surface area contributed by atoms with Gasteiger partial charge in [-0.3, -0.25) is 10.1 Å². The summed E-state index contributed by atoms with van der Waals surface area (Å²) in [6.07, 6.45) is 2.63. The number of rotatable bonds is 2. The first-order valence-electron chi connectivity index (χ1n) is 7.39. The predicted molar refractivity (Wildman–Crippen MR) is 86.2 cm³/mol. The summed E-state index contributed by atoms with van der Waals surface area (Å²) in [6.45, 7) is 4.10. The van der Waals surface area contributed by atoms with E-state index in [1.54, 1.807) is 0 Å². The lowest BCUT2D eigenvalue weighted by atomic mass is 10.1. The fraction of sp³-hybridized carbons (Fsp3) is 0.312. The fourth-order valence-electron chi connectivity index (χ4n) is 2.63. The molecule has 0 fully saturated rings. The van der Waals surface area contributed by atoms with E-state index in [1.807, 2.05) is 25.1 Å². The molecule has 5 N–H and O–H groups in total. The number of aromatic nitrogens is 2. The molecule has 1 aromatic carbocycles. The molecule has 6 heteroatoms. The van der Waals surface area contributed by atoms with E-state index in [9.17, 15) is 4.79 Å². The van der Waals surface area contributed by atoms with Gasteiger partial charge in [-0.2, -0.15) is 0 Å². The van der Waals surface area contributed by atoms with Gasteiger partial charge in [0, 0.05) is 6.42 Å². The Hall–Kier alpha value is -2.63. The molecule has 0 unspecified atom stereocenters. The number of hydrogen-bond donors (Lipinski definition) is 4. The molecule has 114 valence electrons. The van der Waals surface area contributed by atoms with Crippen molar-refractivity contribution < 1.29 is 4.99 Å². The van der Waals surface area contributed by atoms with Crippen molar-refractivity contribution in [3.63, 3.8) is 0 Å². The minimum atomic E-state index is -0.0796. The summed E-state index contributed by atoms with van der Waals surface area (Å²) < 4.78 is 0. The molecule has 22 heavy (non-hydrogen) atoms. The van der Waals surface area contributed by atoms with Crippen molar-refractivity contribution in [2.75, 3.05) is 5.32 Å². The number of hydrogen-bond acceptors (Lipinski definition) is 2. The molecule has 1 aromatic heterocycles. The molecule has 0 bridgehead atoms. The molecule has 1 aliphatic carbocycles. The summed E-state index contributed by atoms with van der Waals surface area (Å²) >= 11 is 0. The Labute approximate surface area is 128 Å². The third-order valence-electron chi connectivity index (χ3n) is 3.98. The predicted octanol–water partition coefficient (Wildman–Crippen LogP) is 0.0143. The second kappa shape index (κ2) is 5.63. The molecule has 0 spiro atoms. The molecule has 0 saturated heterocycles. The third-order valence-corrected chi connectivity index (χ3v) is 3.98. The van der Waals surface area contributed by atoms with Crippen LogP contribution < -0.4 is 21.6 Å². The molecular formula is C16H20N5O+. The quantitative estimate of drug-likeness (QED) is 0.464. The van der Waals surface area contributed by atoms with Crippen molar-refractivity contribution in [1.29, 1.82) is 0 Å². The average Bonchev–Trinajstić information content (AvgIpc) is 2.91. The van der Waals surface area contributed by atoms with E-state index in [0.717, 1.165) is 36.2 Å². The minimum Gasteiger partial charge on any atom is -0.322 e. The number of aromatic amines is 1. The second-order valence-electron chi connectivity index (χ2n) is 5.66. The zero-order chi connectivity index (χ0) is 15.7. The number of nitrogens with zero attached hydrogens (tertiary/aromatic N) is 1. The Morgan fingerprint density at radius 1 is 1.32 bits per heavy atom. The summed E-state index contributed by atoms with van der Waals surface area (Å²) in [5.74, 6) is 0.698. The number of benzene rings is 1. The van der Waals surface area contributed by atoms with E-state index in [-0.39, 0.29) is 5.56 Å². The van der Waals surface area contributed by atoms with Crippen LogP contribution in [0.5, 0.6) is 0 Å². The summed E-state index contributed by atoms with van der Waals surface area (Å²) in [5.41, 5.74) is 10.8. The maximum Gasteiger partial charge on any atom is 0.325 e. The third kappa shape index (κ3) is 2.86. The molecular weight excluding hydrogens is 278 g/mol. The van der Waals surface area contributed by atoms with Crippen molar-refractivity contribution in [3.8, 4) is 0 Å². The molecule has 6 nitrogen and oxygen atoms in total. The highest BCUT2D eigenvalue weighted by molar-refractivity contribution is 5.88. The van der Waals surface area contributed by atoms with Gasteiger partial charge < -0.3 is 5.73 Å². The van der Waals surface area contributed by atoms with Crippen molar-refractivity contribution in [2.24, 2.45) is 5.73 Å². The van der Waals surface area contributed by atoms with Crippen LogP contribution in [0.3, 0.4) is 0 Å². The van der Waals surface area contributed by atoms with Gasteiger partial charge in [-0.25, -0.2) is 9.98 Å². The lowest BCUT2D eigenvalue weighted by molar-refractivity contribution is -0.365. The molecule has 2 aromatic rings. The summed E-state index contributed by atoms with van der Waals surface area (Å²) in [7, 11) is 0. The van der Waals surface area contributed by atoms with Crippen LogP contribution in [0.15, 0.2) is 23.0 Å². The normalized spacial score (nSPS) is 14.0. The Balaban J connectivity index is 1.84. The highest BCUT2D eigenvalue weighted by Gasteiger charge is 2.19. The van der Waals surface area contributed by atoms with Crippen LogP contribution in [-0.2, 0) is 12.8 Å². The minimum absolute atomic E-state index is 0.0796. The van der Waals surface area contributed by atoms with E-state index in [0.29, 0.717) is 11.9 Å². The number of guanidine groups is 1. The second-order valence-corrected chi connectivity index (χ2v) is 5.66. The van der Waals surface area contributed by atoms with E-state index in [2.05, 4.69) is 27.2 Å². The van der Waals surface area contributed by atoms with Crippen molar-refractivity contribution in [2.45, 2.75) is 33.1 Å². The van der Waals surface area contributed by atoms with Gasteiger partial charge in [-0.1, -0.05) is 6.07 Å². The van der Waals surface area contributed by atoms with E-state index in [4.69, 9.17) is 5.73 Å². The Morgan fingerprint density at radius 3 is 2.91 bits per heavy atom. The molecule has 1 aliphatic rings. The van der Waals surface area contributed by atoms with Crippen LogP contribution in [0.2, 0.25) is 0 Å². The molecule has 3 rings (SSSR count). The number of aryl methyl sites for hydroxylation is 3. The number of nitrogens with one attached hydrogen (secondary N) is 3. The first-order chi connectivity index (χ1) is 10.5. The van der Waals surface area contributed by atoms with Gasteiger partial charge >= 0.3 is 5.95 Å². The van der Waals surface area contributed by atoms with Gasteiger partial charge in [0.25, 0.3) is 11.5 Å². The van der Waals surface area contributed by atoms with E-state index < -0.39 is 0 Å². The monoisotopic (exact) mass is 298 g/mol. The Bertz CT molecular complexity index is 807. The smallest absolute Gasteiger partial charge is 0.322 e. The highest BCUT2D eigenvalue weighted by atomic mass is 16.1. The van der Waals surface area contributed by atoms with Gasteiger partial charge in [0.1, 0.15) is 0 Å². The summed E-state index contributed by atoms with van der Waals surface area (Å²) in [5, 5.41) is 3.07. The molecule has 0 radical (unpaired) electrons. The molecule has 0 aliphatic heterocycles. The fourth-order valence-corrected chi connectivity index (χ4v) is 2.63. The number of nitrogens with two attached hydrogens (primary N) is 1. The van der Waals surface area contributed by atoms with E-state index in [1.165, 1.54) is 11.1 Å².